The molecule has 1 aliphatic rings. The van der Waals surface area contributed by atoms with Gasteiger partial charge in [-0.2, -0.15) is 0 Å². The molecule has 0 aliphatic carbocycles. The van der Waals surface area contributed by atoms with E-state index < -0.39 is 0 Å². The van der Waals surface area contributed by atoms with E-state index in [0.717, 1.165) is 8.07 Å². The van der Waals surface area contributed by atoms with Crippen molar-refractivity contribution in [3.63, 3.8) is 0 Å². The third-order valence-corrected chi connectivity index (χ3v) is 20.9. The average molecular weight is 522 g/mol. The first-order valence-electron chi connectivity index (χ1n) is 5.61. The van der Waals surface area contributed by atoms with Crippen LogP contribution in [0.1, 0.15) is 12.8 Å². The Morgan fingerprint density at radius 2 is 1.38 bits per heavy atom. The minimum absolute atomic E-state index is 0.478. The fourth-order valence-electron chi connectivity index (χ4n) is 1.31. The Labute approximate surface area is 135 Å². The van der Waals surface area contributed by atoms with Crippen molar-refractivity contribution in [1.29, 1.82) is 0 Å². The molecule has 0 bridgehead atoms. The molecule has 1 unspecified atom stereocenters. The Morgan fingerprint density at radius 1 is 0.750 bits per heavy atom. The molecule has 1 fully saturated rings. The summed E-state index contributed by atoms with van der Waals surface area (Å²) in [6.45, 7) is 0. The van der Waals surface area contributed by atoms with Crippen molar-refractivity contribution in [2.45, 2.75) is 12.8 Å². The third kappa shape index (κ3) is 9.75. The van der Waals surface area contributed by atoms with E-state index in [2.05, 4.69) is 53.9 Å². The van der Waals surface area contributed by atoms with Gasteiger partial charge in [0.1, 0.15) is 0 Å². The Hall–Kier alpha value is 2.86. The fraction of sp³-hybridized carbons (Fsp3) is 1.00. The number of hydrogen-bond donors (Lipinski definition) is 0. The zero-order chi connectivity index (χ0) is 11.5. The Morgan fingerprint density at radius 3 is 2.06 bits per heavy atom. The first-order chi connectivity index (χ1) is 7.93. The average Bonchev–Trinajstić information content (AvgIpc) is 2.32. The van der Waals surface area contributed by atoms with Gasteiger partial charge < -0.3 is 0 Å². The first kappa shape index (κ1) is 16.9. The Balaban J connectivity index is 2.16. The van der Waals surface area contributed by atoms with Gasteiger partial charge in [-0.1, -0.05) is 0 Å². The monoisotopic (exact) mass is 522 g/mol. The molecule has 0 aromatic rings. The predicted molar refractivity (Wildman–Crippen MR) is 92.3 cm³/mol. The molecular formula is C10H20I2S4. The standard InChI is InChI=1S/C10H20I2S4/c11-12-16-9-2-5-14-7-6-13-3-1-4-15-8-10-16/h1-10H2. The van der Waals surface area contributed by atoms with Gasteiger partial charge in [0.25, 0.3) is 0 Å². The van der Waals surface area contributed by atoms with Crippen LogP contribution >= 0.6 is 53.9 Å². The van der Waals surface area contributed by atoms with E-state index in [1.165, 1.54) is 58.9 Å². The van der Waals surface area contributed by atoms with Crippen molar-refractivity contribution in [1.82, 2.24) is 0 Å². The molecule has 98 valence electrons. The minimum atomic E-state index is 0.478. The first-order valence-corrected chi connectivity index (χ1v) is 19.5. The summed E-state index contributed by atoms with van der Waals surface area (Å²) in [5.41, 5.74) is 0. The Kier molecular flexibility index (Phi) is 13.6. The van der Waals surface area contributed by atoms with Crippen LogP contribution in [0.5, 0.6) is 0 Å². The van der Waals surface area contributed by atoms with Crippen LogP contribution in [0.25, 0.3) is 0 Å². The molecule has 1 rings (SSSR count). The van der Waals surface area contributed by atoms with E-state index >= 15 is 0 Å². The van der Waals surface area contributed by atoms with Gasteiger partial charge in [-0.15, -0.1) is 0 Å². The van der Waals surface area contributed by atoms with Crippen LogP contribution in [0, 0.1) is 0 Å². The second-order valence-corrected chi connectivity index (χ2v) is 20.3. The van der Waals surface area contributed by atoms with Gasteiger partial charge in [0.15, 0.2) is 0 Å². The molecule has 0 radical (unpaired) electrons. The summed E-state index contributed by atoms with van der Waals surface area (Å²) in [6.07, 6.45) is 2.90. The number of halogens is 2. The zero-order valence-electron chi connectivity index (χ0n) is 9.46. The summed E-state index contributed by atoms with van der Waals surface area (Å²) in [5.74, 6) is 11.5. The van der Waals surface area contributed by atoms with Crippen molar-refractivity contribution >= 4 is 62.0 Å². The van der Waals surface area contributed by atoms with Gasteiger partial charge in [-0.05, 0) is 0 Å². The van der Waals surface area contributed by atoms with Crippen LogP contribution in [0.3, 0.4) is 0 Å². The topological polar surface area (TPSA) is 0 Å². The summed E-state index contributed by atoms with van der Waals surface area (Å²) >= 11 is 9.71. The molecule has 0 saturated carbocycles. The van der Waals surface area contributed by atoms with Gasteiger partial charge in [0.05, 0.1) is 0 Å². The van der Waals surface area contributed by atoms with Crippen molar-refractivity contribution in [2.24, 2.45) is 0 Å². The van der Waals surface area contributed by atoms with Gasteiger partial charge in [-0.25, -0.2) is 0 Å². The summed E-state index contributed by atoms with van der Waals surface area (Å²) in [5, 5.41) is 0. The van der Waals surface area contributed by atoms with E-state index in [1.54, 1.807) is 0 Å². The van der Waals surface area contributed by atoms with Crippen molar-refractivity contribution < 1.29 is 15.8 Å². The van der Waals surface area contributed by atoms with Gasteiger partial charge in [0, 0.05) is 0 Å². The van der Waals surface area contributed by atoms with Gasteiger partial charge >= 0.3 is 137 Å². The zero-order valence-corrected chi connectivity index (χ0v) is 17.0. The molecule has 0 amide bonds. The summed E-state index contributed by atoms with van der Waals surface area (Å²) in [4.78, 5) is 0. The summed E-state index contributed by atoms with van der Waals surface area (Å²) in [7, 11) is 0.835. The second kappa shape index (κ2) is 12.9. The number of rotatable bonds is 1. The maximum absolute atomic E-state index is 2.69. The van der Waals surface area contributed by atoms with E-state index in [-0.39, 0.29) is 0 Å². The van der Waals surface area contributed by atoms with Crippen molar-refractivity contribution in [2.75, 3.05) is 46.0 Å². The molecule has 0 nitrogen and oxygen atoms in total. The quantitative estimate of drug-likeness (QED) is 0.372. The molecule has 0 spiro atoms. The van der Waals surface area contributed by atoms with Gasteiger partial charge in [-0.3, -0.25) is 0 Å². The van der Waals surface area contributed by atoms with E-state index in [1.807, 2.05) is 0 Å². The van der Waals surface area contributed by atoms with Crippen LogP contribution in [0.4, 0.5) is 0 Å². The molecule has 1 heterocycles. The van der Waals surface area contributed by atoms with E-state index in [0.29, 0.717) is 15.8 Å². The number of hydrogen-bond acceptors (Lipinski definition) is 3. The van der Waals surface area contributed by atoms with Crippen LogP contribution in [0.15, 0.2) is 0 Å². The normalized spacial score (nSPS) is 27.4. The van der Waals surface area contributed by atoms with E-state index in [9.17, 15) is 0 Å². The molecule has 1 aliphatic heterocycles. The maximum atomic E-state index is 2.69. The summed E-state index contributed by atoms with van der Waals surface area (Å²) < 4.78 is 0. The Bertz CT molecular complexity index is 146. The predicted octanol–water partition coefficient (Wildman–Crippen LogP) is 0.952. The fourth-order valence-corrected chi connectivity index (χ4v) is 16.5. The molecule has 6 heteroatoms. The molecule has 1 saturated heterocycles. The van der Waals surface area contributed by atoms with Gasteiger partial charge in [0.2, 0.25) is 0 Å². The molecule has 16 heavy (non-hydrogen) atoms. The number of thioether (sulfide) groups is 3. The van der Waals surface area contributed by atoms with Crippen molar-refractivity contribution in [3.8, 4) is 0 Å². The SMILES string of the molecule is I[I-][S+]1CCCSCCSCCCSCC1. The molecule has 0 N–H and O–H groups in total. The van der Waals surface area contributed by atoms with Crippen LogP contribution in [0.2, 0.25) is 0 Å². The summed E-state index contributed by atoms with van der Waals surface area (Å²) in [6, 6.07) is 0. The molecule has 0 aromatic heterocycles. The molecular weight excluding hydrogens is 502 g/mol. The van der Waals surface area contributed by atoms with Crippen LogP contribution in [-0.2, 0) is 8.07 Å². The van der Waals surface area contributed by atoms with Crippen LogP contribution in [-0.4, -0.2) is 46.0 Å². The van der Waals surface area contributed by atoms with Crippen molar-refractivity contribution in [3.05, 3.63) is 0 Å². The second-order valence-electron chi connectivity index (χ2n) is 3.43. The molecule has 0 aromatic carbocycles. The van der Waals surface area contributed by atoms with E-state index in [4.69, 9.17) is 0 Å². The molecule has 1 atom stereocenters. The third-order valence-electron chi connectivity index (χ3n) is 2.14. The van der Waals surface area contributed by atoms with Crippen LogP contribution < -0.4 is 15.8 Å².